The Morgan fingerprint density at radius 1 is 1.35 bits per heavy atom. The minimum absolute atomic E-state index is 0.00648. The molecule has 0 spiro atoms. The molecule has 124 valence electrons. The van der Waals surface area contributed by atoms with Crippen molar-refractivity contribution in [2.45, 2.75) is 44.7 Å². The summed E-state index contributed by atoms with van der Waals surface area (Å²) >= 11 is 0. The van der Waals surface area contributed by atoms with Crippen molar-refractivity contribution >= 4 is 17.1 Å². The van der Waals surface area contributed by atoms with Gasteiger partial charge < -0.3 is 14.8 Å². The minimum atomic E-state index is 0.00648. The third kappa shape index (κ3) is 4.07. The first-order valence-electron chi connectivity index (χ1n) is 8.47. The van der Waals surface area contributed by atoms with Crippen molar-refractivity contribution in [1.82, 2.24) is 24.8 Å². The second-order valence-corrected chi connectivity index (χ2v) is 6.34. The fourth-order valence-electron chi connectivity index (χ4n) is 3.30. The van der Waals surface area contributed by atoms with E-state index in [0.717, 1.165) is 17.7 Å². The first-order chi connectivity index (χ1) is 11.2. The zero-order valence-electron chi connectivity index (χ0n) is 13.7. The predicted octanol–water partition coefficient (Wildman–Crippen LogP) is 1.81. The quantitative estimate of drug-likeness (QED) is 0.883. The number of carbonyl (C=O) groups is 1. The number of hydrogen-bond acceptors (Lipinski definition) is 4. The van der Waals surface area contributed by atoms with Gasteiger partial charge in [0.1, 0.15) is 12.1 Å². The second-order valence-electron chi connectivity index (χ2n) is 6.34. The van der Waals surface area contributed by atoms with Gasteiger partial charge in [-0.2, -0.15) is 0 Å². The van der Waals surface area contributed by atoms with E-state index in [1.54, 1.807) is 17.1 Å². The largest absolute Gasteiger partial charge is 0.353 e. The number of nitrogens with one attached hydrogen (secondary N) is 1. The Balaban J connectivity index is 1.44. The van der Waals surface area contributed by atoms with Crippen LogP contribution in [0.15, 0.2) is 24.7 Å². The molecule has 0 aliphatic heterocycles. The Kier molecular flexibility index (Phi) is 5.23. The van der Waals surface area contributed by atoms with Crippen molar-refractivity contribution in [3.63, 3.8) is 0 Å². The Morgan fingerprint density at radius 2 is 2.17 bits per heavy atom. The lowest BCUT2D eigenvalue weighted by atomic mass is 9.94. The topological polar surface area (TPSA) is 63.1 Å². The molecule has 6 nitrogen and oxygen atoms in total. The van der Waals surface area contributed by atoms with Gasteiger partial charge in [-0.3, -0.25) is 4.79 Å². The molecule has 3 rings (SSSR count). The molecule has 6 heteroatoms. The van der Waals surface area contributed by atoms with Crippen LogP contribution in [0.2, 0.25) is 0 Å². The van der Waals surface area contributed by atoms with Crippen LogP contribution in [0, 0.1) is 0 Å². The fourth-order valence-corrected chi connectivity index (χ4v) is 3.30. The summed E-state index contributed by atoms with van der Waals surface area (Å²) in [6.45, 7) is 1.85. The number of fused-ring (bicyclic) bond motifs is 1. The molecule has 0 aromatic carbocycles. The van der Waals surface area contributed by atoms with Crippen molar-refractivity contribution in [2.75, 3.05) is 20.1 Å². The summed E-state index contributed by atoms with van der Waals surface area (Å²) < 4.78 is 1.79. The molecule has 1 aliphatic rings. The van der Waals surface area contributed by atoms with Gasteiger partial charge in [-0.05, 0) is 32.0 Å². The SMILES string of the molecule is CN(CCNC(=O)Cn1cnc2cccnc21)C1CCCCC1. The van der Waals surface area contributed by atoms with Gasteiger partial charge in [0, 0.05) is 25.3 Å². The molecule has 2 aromatic rings. The fraction of sp³-hybridized carbons (Fsp3) is 0.588. The van der Waals surface area contributed by atoms with Gasteiger partial charge >= 0.3 is 0 Å². The number of carbonyl (C=O) groups excluding carboxylic acids is 1. The van der Waals surface area contributed by atoms with Crippen LogP contribution in [-0.4, -0.2) is 51.5 Å². The van der Waals surface area contributed by atoms with Gasteiger partial charge in [0.2, 0.25) is 5.91 Å². The molecule has 2 heterocycles. The molecule has 2 aromatic heterocycles. The number of hydrogen-bond donors (Lipinski definition) is 1. The number of amides is 1. The second kappa shape index (κ2) is 7.55. The summed E-state index contributed by atoms with van der Waals surface area (Å²) in [6.07, 6.45) is 10.0. The van der Waals surface area contributed by atoms with Crippen LogP contribution in [-0.2, 0) is 11.3 Å². The molecule has 0 saturated heterocycles. The highest BCUT2D eigenvalue weighted by Crippen LogP contribution is 2.21. The van der Waals surface area contributed by atoms with Crippen molar-refractivity contribution in [3.05, 3.63) is 24.7 Å². The molecular formula is C17H25N5O. The van der Waals surface area contributed by atoms with Gasteiger partial charge in [0.25, 0.3) is 0 Å². The molecule has 0 bridgehead atoms. The van der Waals surface area contributed by atoms with Crippen molar-refractivity contribution in [2.24, 2.45) is 0 Å². The van der Waals surface area contributed by atoms with Gasteiger partial charge in [-0.1, -0.05) is 19.3 Å². The summed E-state index contributed by atoms with van der Waals surface area (Å²) in [5.41, 5.74) is 1.57. The minimum Gasteiger partial charge on any atom is -0.353 e. The van der Waals surface area contributed by atoms with E-state index in [-0.39, 0.29) is 12.5 Å². The lowest BCUT2D eigenvalue weighted by Gasteiger charge is -2.31. The van der Waals surface area contributed by atoms with Crippen molar-refractivity contribution in [3.8, 4) is 0 Å². The molecule has 23 heavy (non-hydrogen) atoms. The molecule has 0 unspecified atom stereocenters. The molecule has 0 radical (unpaired) electrons. The first-order valence-corrected chi connectivity index (χ1v) is 8.47. The molecule has 0 atom stereocenters. The molecular weight excluding hydrogens is 290 g/mol. The standard InChI is InChI=1S/C17H25N5O/c1-21(14-6-3-2-4-7-14)11-10-18-16(23)12-22-13-20-15-8-5-9-19-17(15)22/h5,8-9,13-14H,2-4,6-7,10-12H2,1H3,(H,18,23). The van der Waals surface area contributed by atoms with Crippen LogP contribution in [0.25, 0.3) is 11.2 Å². The normalized spacial score (nSPS) is 16.1. The zero-order valence-corrected chi connectivity index (χ0v) is 13.7. The third-order valence-electron chi connectivity index (χ3n) is 4.67. The maximum absolute atomic E-state index is 12.1. The van der Waals surface area contributed by atoms with Crippen LogP contribution in [0.5, 0.6) is 0 Å². The Bertz CT molecular complexity index is 647. The number of likely N-dealkylation sites (N-methyl/N-ethyl adjacent to an activating group) is 1. The average Bonchev–Trinajstić information content (AvgIpc) is 2.99. The van der Waals surface area contributed by atoms with Crippen molar-refractivity contribution < 1.29 is 4.79 Å². The van der Waals surface area contributed by atoms with Crippen LogP contribution in [0.4, 0.5) is 0 Å². The maximum atomic E-state index is 12.1. The molecule has 1 aliphatic carbocycles. The van der Waals surface area contributed by atoms with Crippen molar-refractivity contribution in [1.29, 1.82) is 0 Å². The summed E-state index contributed by atoms with van der Waals surface area (Å²) in [4.78, 5) is 23.0. The Morgan fingerprint density at radius 3 is 3.00 bits per heavy atom. The Labute approximate surface area is 136 Å². The van der Waals surface area contributed by atoms with Gasteiger partial charge in [-0.25, -0.2) is 9.97 Å². The van der Waals surface area contributed by atoms with Crippen LogP contribution in [0.1, 0.15) is 32.1 Å². The van der Waals surface area contributed by atoms with Gasteiger partial charge in [0.15, 0.2) is 5.65 Å². The van der Waals surface area contributed by atoms with E-state index in [4.69, 9.17) is 0 Å². The number of aromatic nitrogens is 3. The number of nitrogens with zero attached hydrogens (tertiary/aromatic N) is 4. The van der Waals surface area contributed by atoms with E-state index in [1.165, 1.54) is 32.1 Å². The van der Waals surface area contributed by atoms with Crippen LogP contribution >= 0.6 is 0 Å². The molecule has 1 saturated carbocycles. The van der Waals surface area contributed by atoms with Gasteiger partial charge in [-0.15, -0.1) is 0 Å². The van der Waals surface area contributed by atoms with Gasteiger partial charge in [0.05, 0.1) is 6.33 Å². The summed E-state index contributed by atoms with van der Waals surface area (Å²) in [5, 5.41) is 3.00. The smallest absolute Gasteiger partial charge is 0.240 e. The lowest BCUT2D eigenvalue weighted by Crippen LogP contribution is -2.40. The predicted molar refractivity (Wildman–Crippen MR) is 90.0 cm³/mol. The lowest BCUT2D eigenvalue weighted by molar-refractivity contribution is -0.121. The summed E-state index contributed by atoms with van der Waals surface area (Å²) in [5.74, 6) is 0.00648. The van der Waals surface area contributed by atoms with E-state index in [2.05, 4.69) is 27.2 Å². The maximum Gasteiger partial charge on any atom is 0.240 e. The van der Waals surface area contributed by atoms with Crippen LogP contribution < -0.4 is 5.32 Å². The van der Waals surface area contributed by atoms with E-state index in [1.807, 2.05) is 12.1 Å². The molecule has 1 N–H and O–H groups in total. The highest BCUT2D eigenvalue weighted by atomic mass is 16.1. The highest BCUT2D eigenvalue weighted by Gasteiger charge is 2.17. The first kappa shape index (κ1) is 15.9. The van der Waals surface area contributed by atoms with E-state index >= 15 is 0 Å². The number of pyridine rings is 1. The molecule has 1 fully saturated rings. The summed E-state index contributed by atoms with van der Waals surface area (Å²) in [7, 11) is 2.16. The van der Waals surface area contributed by atoms with E-state index < -0.39 is 0 Å². The number of imidazole rings is 1. The highest BCUT2D eigenvalue weighted by molar-refractivity contribution is 5.78. The van der Waals surface area contributed by atoms with E-state index in [0.29, 0.717) is 12.6 Å². The average molecular weight is 315 g/mol. The van der Waals surface area contributed by atoms with Crippen LogP contribution in [0.3, 0.4) is 0 Å². The van der Waals surface area contributed by atoms with E-state index in [9.17, 15) is 4.79 Å². The summed E-state index contributed by atoms with van der Waals surface area (Å²) in [6, 6.07) is 4.43. The zero-order chi connectivity index (χ0) is 16.1. The Hall–Kier alpha value is -1.95. The number of rotatable bonds is 6. The molecule has 1 amide bonds. The third-order valence-corrected chi connectivity index (χ3v) is 4.67. The monoisotopic (exact) mass is 315 g/mol.